The van der Waals surface area contributed by atoms with Gasteiger partial charge in [0.05, 0.1) is 0 Å². The van der Waals surface area contributed by atoms with E-state index in [0.717, 1.165) is 26.1 Å². The van der Waals surface area contributed by atoms with Gasteiger partial charge in [0.2, 0.25) is 0 Å². The van der Waals surface area contributed by atoms with Gasteiger partial charge in [0.25, 0.3) is 0 Å². The van der Waals surface area contributed by atoms with Gasteiger partial charge in [-0.25, -0.2) is 8.42 Å². The van der Waals surface area contributed by atoms with Gasteiger partial charge in [-0.15, -0.1) is 24.0 Å². The minimum absolute atomic E-state index is 0. The lowest BCUT2D eigenvalue weighted by Crippen LogP contribution is -2.50. The molecular weight excluding hydrogens is 522 g/mol. The number of nitrogens with one attached hydrogen (secondary N) is 2. The van der Waals surface area contributed by atoms with Crippen LogP contribution in [0.15, 0.2) is 4.99 Å². The summed E-state index contributed by atoms with van der Waals surface area (Å²) < 4.78 is 61.4. The fraction of sp³-hybridized carbons (Fsp3) is 0.941. The Hall–Kier alpha value is -0.340. The molecule has 2 N–H and O–H groups in total. The Morgan fingerprint density at radius 3 is 2.24 bits per heavy atom. The SMILES string of the molecule is CCN1CCCCC1CNC(=NC)NCC1CCN(S(=O)(=O)C(F)(F)F)CC1.I. The normalized spacial score (nSPS) is 23.5. The monoisotopic (exact) mass is 555 g/mol. The highest BCUT2D eigenvalue weighted by Crippen LogP contribution is 2.30. The number of nitrogens with zero attached hydrogens (tertiary/aromatic N) is 3. The van der Waals surface area contributed by atoms with Crippen LogP contribution in [-0.2, 0) is 10.0 Å². The first kappa shape index (κ1) is 26.7. The fourth-order valence-corrected chi connectivity index (χ4v) is 4.87. The van der Waals surface area contributed by atoms with Crippen molar-refractivity contribution in [2.24, 2.45) is 10.9 Å². The van der Waals surface area contributed by atoms with Gasteiger partial charge in [0.1, 0.15) is 0 Å². The third-order valence-corrected chi connectivity index (χ3v) is 7.28. The molecule has 12 heteroatoms. The van der Waals surface area contributed by atoms with Crippen LogP contribution < -0.4 is 10.6 Å². The van der Waals surface area contributed by atoms with Gasteiger partial charge < -0.3 is 10.6 Å². The Morgan fingerprint density at radius 1 is 1.07 bits per heavy atom. The molecule has 1 unspecified atom stereocenters. The van der Waals surface area contributed by atoms with Crippen molar-refractivity contribution in [3.05, 3.63) is 0 Å². The van der Waals surface area contributed by atoms with Gasteiger partial charge in [-0.2, -0.15) is 17.5 Å². The Morgan fingerprint density at radius 2 is 1.69 bits per heavy atom. The molecule has 2 saturated heterocycles. The largest absolute Gasteiger partial charge is 0.511 e. The van der Waals surface area contributed by atoms with E-state index in [9.17, 15) is 21.6 Å². The maximum absolute atomic E-state index is 12.6. The second-order valence-corrected chi connectivity index (χ2v) is 9.33. The van der Waals surface area contributed by atoms with E-state index in [4.69, 9.17) is 0 Å². The highest BCUT2D eigenvalue weighted by atomic mass is 127. The molecule has 2 heterocycles. The summed E-state index contributed by atoms with van der Waals surface area (Å²) in [6.07, 6.45) is 4.41. The van der Waals surface area contributed by atoms with E-state index in [0.29, 0.717) is 35.7 Å². The molecule has 0 spiro atoms. The molecule has 0 aromatic rings. The Kier molecular flexibility index (Phi) is 10.9. The van der Waals surface area contributed by atoms with Crippen molar-refractivity contribution in [1.82, 2.24) is 19.8 Å². The molecule has 1 atom stereocenters. The van der Waals surface area contributed by atoms with Crippen molar-refractivity contribution in [1.29, 1.82) is 0 Å². The summed E-state index contributed by atoms with van der Waals surface area (Å²) in [4.78, 5) is 6.67. The topological polar surface area (TPSA) is 77.0 Å². The summed E-state index contributed by atoms with van der Waals surface area (Å²) >= 11 is 0. The van der Waals surface area contributed by atoms with Crippen molar-refractivity contribution >= 4 is 40.0 Å². The maximum Gasteiger partial charge on any atom is 0.511 e. The number of aliphatic imine (C=N–C) groups is 1. The molecule has 2 aliphatic rings. The highest BCUT2D eigenvalue weighted by Gasteiger charge is 2.50. The molecule has 2 aliphatic heterocycles. The average molecular weight is 555 g/mol. The molecule has 0 radical (unpaired) electrons. The van der Waals surface area contributed by atoms with Crippen molar-refractivity contribution in [2.75, 3.05) is 46.3 Å². The van der Waals surface area contributed by atoms with E-state index in [1.165, 1.54) is 12.8 Å². The maximum atomic E-state index is 12.6. The zero-order valence-electron chi connectivity index (χ0n) is 17.0. The van der Waals surface area contributed by atoms with Gasteiger partial charge in [-0.3, -0.25) is 9.89 Å². The third-order valence-electron chi connectivity index (χ3n) is 5.65. The minimum Gasteiger partial charge on any atom is -0.356 e. The van der Waals surface area contributed by atoms with Gasteiger partial charge in [-0.05, 0) is 44.7 Å². The van der Waals surface area contributed by atoms with Crippen molar-refractivity contribution in [3.8, 4) is 0 Å². The Bertz CT molecular complexity index is 625. The van der Waals surface area contributed by atoms with Crippen molar-refractivity contribution in [2.45, 2.75) is 50.6 Å². The molecule has 0 bridgehead atoms. The molecule has 0 amide bonds. The molecule has 0 aromatic carbocycles. The summed E-state index contributed by atoms with van der Waals surface area (Å²) in [6.45, 7) is 5.46. The van der Waals surface area contributed by atoms with Gasteiger partial charge in [-0.1, -0.05) is 13.3 Å². The second kappa shape index (κ2) is 11.9. The number of rotatable bonds is 6. The average Bonchev–Trinajstić information content (AvgIpc) is 2.68. The first-order valence-electron chi connectivity index (χ1n) is 9.94. The van der Waals surface area contributed by atoms with Crippen LogP contribution in [0.2, 0.25) is 0 Å². The van der Waals surface area contributed by atoms with Crippen molar-refractivity contribution in [3.63, 3.8) is 0 Å². The molecule has 0 aliphatic carbocycles. The van der Waals surface area contributed by atoms with E-state index in [2.05, 4.69) is 27.4 Å². The number of alkyl halides is 3. The lowest BCUT2D eigenvalue weighted by molar-refractivity contribution is -0.0496. The first-order valence-corrected chi connectivity index (χ1v) is 11.4. The van der Waals surface area contributed by atoms with Crippen LogP contribution in [0.4, 0.5) is 13.2 Å². The molecule has 2 fully saturated rings. The number of hydrogen-bond donors (Lipinski definition) is 2. The number of hydrogen-bond acceptors (Lipinski definition) is 4. The number of guanidine groups is 1. The van der Waals surface area contributed by atoms with E-state index < -0.39 is 15.5 Å². The first-order chi connectivity index (χ1) is 13.2. The van der Waals surface area contributed by atoms with Gasteiger partial charge in [0, 0.05) is 39.3 Å². The number of piperidine rings is 2. The summed E-state index contributed by atoms with van der Waals surface area (Å²) in [7, 11) is -3.53. The van der Waals surface area contributed by atoms with Crippen LogP contribution in [0.3, 0.4) is 0 Å². The van der Waals surface area contributed by atoms with Crippen LogP contribution in [0.1, 0.15) is 39.0 Å². The number of likely N-dealkylation sites (tertiary alicyclic amines) is 1. The summed E-state index contributed by atoms with van der Waals surface area (Å²) in [5.74, 6) is 0.784. The van der Waals surface area contributed by atoms with Crippen LogP contribution >= 0.6 is 24.0 Å². The number of likely N-dealkylation sites (N-methyl/N-ethyl adjacent to an activating group) is 1. The smallest absolute Gasteiger partial charge is 0.356 e. The van der Waals surface area contributed by atoms with E-state index >= 15 is 0 Å². The van der Waals surface area contributed by atoms with Gasteiger partial charge in [0.15, 0.2) is 5.96 Å². The summed E-state index contributed by atoms with van der Waals surface area (Å²) in [5, 5.41) is 6.56. The third kappa shape index (κ3) is 7.39. The second-order valence-electron chi connectivity index (χ2n) is 7.41. The summed E-state index contributed by atoms with van der Waals surface area (Å²) in [5.41, 5.74) is -5.23. The predicted molar refractivity (Wildman–Crippen MR) is 119 cm³/mol. The number of sulfonamides is 1. The zero-order chi connectivity index (χ0) is 20.8. The highest BCUT2D eigenvalue weighted by molar-refractivity contribution is 14.0. The molecule has 172 valence electrons. The lowest BCUT2D eigenvalue weighted by Gasteiger charge is -2.35. The fourth-order valence-electron chi connectivity index (χ4n) is 3.88. The Labute approximate surface area is 188 Å². The van der Waals surface area contributed by atoms with E-state index in [1.807, 2.05) is 0 Å². The van der Waals surface area contributed by atoms with Crippen LogP contribution in [0.25, 0.3) is 0 Å². The van der Waals surface area contributed by atoms with Crippen LogP contribution in [0, 0.1) is 5.92 Å². The molecule has 29 heavy (non-hydrogen) atoms. The molecule has 0 aromatic heterocycles. The standard InChI is InChI=1S/C17H32F3N5O2S.HI/c1-3-24-9-5-4-6-15(24)13-23-16(21-2)22-12-14-7-10-25(11-8-14)28(26,27)17(18,19)20;/h14-15H,3-13H2,1-2H3,(H2,21,22,23);1H. The number of halogens is 4. The Balaban J connectivity index is 0.00000420. The molecule has 7 nitrogen and oxygen atoms in total. The van der Waals surface area contributed by atoms with Gasteiger partial charge >= 0.3 is 15.5 Å². The quantitative estimate of drug-likeness (QED) is 0.299. The molecular formula is C17H33F3IN5O2S. The van der Waals surface area contributed by atoms with E-state index in [1.54, 1.807) is 7.05 Å². The van der Waals surface area contributed by atoms with Crippen LogP contribution in [-0.4, -0.2) is 81.4 Å². The van der Waals surface area contributed by atoms with E-state index in [-0.39, 0.29) is 43.0 Å². The predicted octanol–water partition coefficient (Wildman–Crippen LogP) is 2.21. The van der Waals surface area contributed by atoms with Crippen molar-refractivity contribution < 1.29 is 21.6 Å². The molecule has 0 saturated carbocycles. The minimum atomic E-state index is -5.23. The van der Waals surface area contributed by atoms with Crippen LogP contribution in [0.5, 0.6) is 0 Å². The lowest BCUT2D eigenvalue weighted by atomic mass is 9.98. The zero-order valence-corrected chi connectivity index (χ0v) is 20.2. The molecule has 2 rings (SSSR count). The summed E-state index contributed by atoms with van der Waals surface area (Å²) in [6, 6.07) is 0.480.